The molecule has 0 amide bonds. The lowest BCUT2D eigenvalue weighted by molar-refractivity contribution is -0.153. The first-order valence-electron chi connectivity index (χ1n) is 4.57. The fourth-order valence-corrected chi connectivity index (χ4v) is 0.788. The Hall–Kier alpha value is -0.570. The number of hydrogen-bond donors (Lipinski definition) is 1. The molecule has 0 aliphatic carbocycles. The molecule has 3 heteroatoms. The molecule has 3 nitrogen and oxygen atoms in total. The first-order valence-corrected chi connectivity index (χ1v) is 4.57. The Bertz CT molecular complexity index is 123. The molecule has 0 aromatic heterocycles. The number of carbonyl (C=O) groups is 1. The topological polar surface area (TPSA) is 46.5 Å². The first kappa shape index (κ1) is 11.4. The van der Waals surface area contributed by atoms with Crippen molar-refractivity contribution in [1.82, 2.24) is 0 Å². The molecule has 0 aromatic carbocycles. The molecule has 0 saturated carbocycles. The van der Waals surface area contributed by atoms with Gasteiger partial charge in [0.25, 0.3) is 0 Å². The van der Waals surface area contributed by atoms with Crippen LogP contribution in [0.4, 0.5) is 0 Å². The minimum Gasteiger partial charge on any atom is -0.464 e. The number of carbonyl (C=O) groups excluding carboxylic acids is 1. The van der Waals surface area contributed by atoms with Crippen LogP contribution in [0.2, 0.25) is 0 Å². The molecule has 0 radical (unpaired) electrons. The van der Waals surface area contributed by atoms with Crippen molar-refractivity contribution < 1.29 is 14.6 Å². The SMILES string of the molecule is CCCCCOC(=O)C(O)CC. The van der Waals surface area contributed by atoms with Crippen LogP contribution in [0.15, 0.2) is 0 Å². The fraction of sp³-hybridized carbons (Fsp3) is 0.889. The van der Waals surface area contributed by atoms with Gasteiger partial charge < -0.3 is 9.84 Å². The van der Waals surface area contributed by atoms with Crippen LogP contribution in [0, 0.1) is 0 Å². The molecule has 0 aromatic rings. The molecular weight excluding hydrogens is 156 g/mol. The molecule has 0 bridgehead atoms. The first-order chi connectivity index (χ1) is 5.72. The second kappa shape index (κ2) is 7.10. The van der Waals surface area contributed by atoms with Crippen molar-refractivity contribution in [3.05, 3.63) is 0 Å². The van der Waals surface area contributed by atoms with Gasteiger partial charge in [-0.1, -0.05) is 26.7 Å². The maximum absolute atomic E-state index is 10.9. The van der Waals surface area contributed by atoms with E-state index in [1.54, 1.807) is 6.92 Å². The van der Waals surface area contributed by atoms with Crippen molar-refractivity contribution >= 4 is 5.97 Å². The van der Waals surface area contributed by atoms with Gasteiger partial charge in [0.15, 0.2) is 6.10 Å². The minimum absolute atomic E-state index is 0.423. The molecule has 0 heterocycles. The maximum Gasteiger partial charge on any atom is 0.334 e. The highest BCUT2D eigenvalue weighted by atomic mass is 16.5. The van der Waals surface area contributed by atoms with Crippen LogP contribution >= 0.6 is 0 Å². The van der Waals surface area contributed by atoms with Crippen LogP contribution in [0.25, 0.3) is 0 Å². The molecule has 1 unspecified atom stereocenters. The van der Waals surface area contributed by atoms with Gasteiger partial charge in [0.2, 0.25) is 0 Å². The maximum atomic E-state index is 10.9. The summed E-state index contributed by atoms with van der Waals surface area (Å²) in [6, 6.07) is 0. The Morgan fingerprint density at radius 1 is 1.42 bits per heavy atom. The molecule has 0 rings (SSSR count). The number of unbranched alkanes of at least 4 members (excludes halogenated alkanes) is 2. The molecular formula is C9H18O3. The Kier molecular flexibility index (Phi) is 6.76. The summed E-state index contributed by atoms with van der Waals surface area (Å²) in [5.74, 6) is -0.492. The second-order valence-corrected chi connectivity index (χ2v) is 2.80. The predicted octanol–water partition coefficient (Wildman–Crippen LogP) is 1.49. The van der Waals surface area contributed by atoms with Gasteiger partial charge in [-0.25, -0.2) is 4.79 Å². The summed E-state index contributed by atoms with van der Waals surface area (Å²) >= 11 is 0. The molecule has 72 valence electrons. The van der Waals surface area contributed by atoms with Gasteiger partial charge in [-0.15, -0.1) is 0 Å². The van der Waals surface area contributed by atoms with E-state index in [0.717, 1.165) is 19.3 Å². The van der Waals surface area contributed by atoms with E-state index in [0.29, 0.717) is 13.0 Å². The second-order valence-electron chi connectivity index (χ2n) is 2.80. The highest BCUT2D eigenvalue weighted by Crippen LogP contribution is 1.98. The van der Waals surface area contributed by atoms with Gasteiger partial charge in [-0.05, 0) is 12.8 Å². The number of hydrogen-bond acceptors (Lipinski definition) is 3. The zero-order valence-electron chi connectivity index (χ0n) is 7.88. The van der Waals surface area contributed by atoms with Gasteiger partial charge in [-0.3, -0.25) is 0 Å². The van der Waals surface area contributed by atoms with Crippen molar-refractivity contribution in [2.75, 3.05) is 6.61 Å². The summed E-state index contributed by atoms with van der Waals surface area (Å²) in [5, 5.41) is 9.01. The van der Waals surface area contributed by atoms with Crippen molar-refractivity contribution in [1.29, 1.82) is 0 Å². The lowest BCUT2D eigenvalue weighted by atomic mass is 10.2. The molecule has 1 N–H and O–H groups in total. The van der Waals surface area contributed by atoms with E-state index < -0.39 is 12.1 Å². The van der Waals surface area contributed by atoms with Gasteiger partial charge in [0.1, 0.15) is 0 Å². The standard InChI is InChI=1S/C9H18O3/c1-3-5-6-7-12-9(11)8(10)4-2/h8,10H,3-7H2,1-2H3. The molecule has 0 aliphatic heterocycles. The lowest BCUT2D eigenvalue weighted by Crippen LogP contribution is -2.22. The highest BCUT2D eigenvalue weighted by molar-refractivity contribution is 5.74. The number of ether oxygens (including phenoxy) is 1. The van der Waals surface area contributed by atoms with E-state index in [4.69, 9.17) is 9.84 Å². The third-order valence-corrected chi connectivity index (χ3v) is 1.65. The Labute approximate surface area is 73.7 Å². The highest BCUT2D eigenvalue weighted by Gasteiger charge is 2.12. The number of aliphatic hydroxyl groups is 1. The molecule has 0 fully saturated rings. The van der Waals surface area contributed by atoms with E-state index in [9.17, 15) is 4.79 Å². The van der Waals surface area contributed by atoms with Crippen molar-refractivity contribution in [3.8, 4) is 0 Å². The van der Waals surface area contributed by atoms with Crippen molar-refractivity contribution in [2.24, 2.45) is 0 Å². The Morgan fingerprint density at radius 3 is 2.58 bits per heavy atom. The molecule has 1 atom stereocenters. The average molecular weight is 174 g/mol. The van der Waals surface area contributed by atoms with E-state index >= 15 is 0 Å². The van der Waals surface area contributed by atoms with E-state index in [1.807, 2.05) is 0 Å². The van der Waals surface area contributed by atoms with Crippen molar-refractivity contribution in [2.45, 2.75) is 45.6 Å². The summed E-state index contributed by atoms with van der Waals surface area (Å²) in [4.78, 5) is 10.9. The monoisotopic (exact) mass is 174 g/mol. The van der Waals surface area contributed by atoms with Crippen LogP contribution in [-0.4, -0.2) is 23.8 Å². The summed E-state index contributed by atoms with van der Waals surface area (Å²) in [5.41, 5.74) is 0. The van der Waals surface area contributed by atoms with Gasteiger partial charge >= 0.3 is 5.97 Å². The van der Waals surface area contributed by atoms with Crippen molar-refractivity contribution in [3.63, 3.8) is 0 Å². The van der Waals surface area contributed by atoms with Crippen LogP contribution in [-0.2, 0) is 9.53 Å². The summed E-state index contributed by atoms with van der Waals surface area (Å²) in [6.07, 6.45) is 2.54. The van der Waals surface area contributed by atoms with Gasteiger partial charge in [0.05, 0.1) is 6.61 Å². The normalized spacial score (nSPS) is 12.6. The third-order valence-electron chi connectivity index (χ3n) is 1.65. The number of esters is 1. The zero-order chi connectivity index (χ0) is 9.40. The van der Waals surface area contributed by atoms with Crippen LogP contribution in [0.1, 0.15) is 39.5 Å². The van der Waals surface area contributed by atoms with E-state index in [2.05, 4.69) is 6.92 Å². The Morgan fingerprint density at radius 2 is 2.08 bits per heavy atom. The van der Waals surface area contributed by atoms with Gasteiger partial charge in [0, 0.05) is 0 Å². The molecule has 0 saturated heterocycles. The summed E-state index contributed by atoms with van der Waals surface area (Å²) < 4.78 is 4.81. The summed E-state index contributed by atoms with van der Waals surface area (Å²) in [7, 11) is 0. The minimum atomic E-state index is -0.938. The average Bonchev–Trinajstić information content (AvgIpc) is 2.10. The van der Waals surface area contributed by atoms with Crippen LogP contribution in [0.3, 0.4) is 0 Å². The predicted molar refractivity (Wildman–Crippen MR) is 46.8 cm³/mol. The largest absolute Gasteiger partial charge is 0.464 e. The van der Waals surface area contributed by atoms with Crippen LogP contribution in [0.5, 0.6) is 0 Å². The smallest absolute Gasteiger partial charge is 0.334 e. The quantitative estimate of drug-likeness (QED) is 0.490. The molecule has 0 aliphatic rings. The zero-order valence-corrected chi connectivity index (χ0v) is 7.88. The summed E-state index contributed by atoms with van der Waals surface area (Å²) in [6.45, 7) is 4.27. The van der Waals surface area contributed by atoms with Gasteiger partial charge in [-0.2, -0.15) is 0 Å². The van der Waals surface area contributed by atoms with Crippen LogP contribution < -0.4 is 0 Å². The number of rotatable bonds is 6. The fourth-order valence-electron chi connectivity index (χ4n) is 0.788. The van der Waals surface area contributed by atoms with E-state index in [-0.39, 0.29) is 0 Å². The molecule has 12 heavy (non-hydrogen) atoms. The molecule has 0 spiro atoms. The third kappa shape index (κ3) is 5.13. The van der Waals surface area contributed by atoms with E-state index in [1.165, 1.54) is 0 Å². The lowest BCUT2D eigenvalue weighted by Gasteiger charge is -2.07. The Balaban J connectivity index is 3.31. The number of aliphatic hydroxyl groups excluding tert-OH is 1.